The number of carbonyl (C=O) groups excluding carboxylic acids is 2. The number of fused-ring (bicyclic) bond motifs is 3. The zero-order valence-electron chi connectivity index (χ0n) is 19.4. The number of carboxylic acids is 1. The van der Waals surface area contributed by atoms with Crippen LogP contribution in [-0.2, 0) is 19.1 Å². The van der Waals surface area contributed by atoms with Crippen molar-refractivity contribution in [3.05, 3.63) is 59.7 Å². The predicted molar refractivity (Wildman–Crippen MR) is 128 cm³/mol. The number of aliphatic carboxylic acids is 1. The third kappa shape index (κ3) is 6.81. The summed E-state index contributed by atoms with van der Waals surface area (Å²) in [7, 11) is 1.29. The van der Waals surface area contributed by atoms with E-state index in [0.717, 1.165) is 19.3 Å². The van der Waals surface area contributed by atoms with Crippen molar-refractivity contribution < 1.29 is 29.0 Å². The minimum atomic E-state index is -1.10. The molecule has 1 aliphatic rings. The van der Waals surface area contributed by atoms with E-state index in [-0.39, 0.29) is 18.4 Å². The zero-order valence-corrected chi connectivity index (χ0v) is 19.4. The second-order valence-corrected chi connectivity index (χ2v) is 8.28. The molecule has 8 heteroatoms. The summed E-state index contributed by atoms with van der Waals surface area (Å²) in [5.74, 6) is -1.26. The molecule has 0 heterocycles. The van der Waals surface area contributed by atoms with E-state index in [4.69, 9.17) is 14.6 Å². The fraction of sp³-hybridized carbons (Fsp3) is 0.423. The van der Waals surface area contributed by atoms with E-state index in [9.17, 15) is 14.4 Å². The van der Waals surface area contributed by atoms with Crippen LogP contribution in [-0.4, -0.2) is 56.0 Å². The van der Waals surface area contributed by atoms with Gasteiger partial charge in [0.05, 0.1) is 6.54 Å². The molecule has 0 fully saturated rings. The van der Waals surface area contributed by atoms with Gasteiger partial charge in [-0.1, -0.05) is 61.4 Å². The van der Waals surface area contributed by atoms with E-state index in [2.05, 4.69) is 34.9 Å². The van der Waals surface area contributed by atoms with E-state index in [1.165, 1.54) is 29.4 Å². The molecule has 3 rings (SSSR count). The Morgan fingerprint density at radius 2 is 1.53 bits per heavy atom. The van der Waals surface area contributed by atoms with Crippen molar-refractivity contribution in [2.45, 2.75) is 44.1 Å². The lowest BCUT2D eigenvalue weighted by Gasteiger charge is -2.14. The zero-order chi connectivity index (χ0) is 24.3. The van der Waals surface area contributed by atoms with Gasteiger partial charge in [0.1, 0.15) is 6.61 Å². The number of hydrogen-bond donors (Lipinski definition) is 3. The number of carbonyl (C=O) groups is 3. The van der Waals surface area contributed by atoms with Crippen LogP contribution in [0.3, 0.4) is 0 Å². The van der Waals surface area contributed by atoms with Crippen LogP contribution < -0.4 is 10.6 Å². The molecule has 0 bridgehead atoms. The summed E-state index contributed by atoms with van der Waals surface area (Å²) in [6.07, 6.45) is 2.06. The van der Waals surface area contributed by atoms with E-state index < -0.39 is 18.2 Å². The molecule has 0 radical (unpaired) electrons. The molecule has 1 aliphatic carbocycles. The number of carboxylic acid groups (broad SMARTS) is 1. The first-order valence-electron chi connectivity index (χ1n) is 11.6. The summed E-state index contributed by atoms with van der Waals surface area (Å²) in [6, 6.07) is 16.4. The molecule has 34 heavy (non-hydrogen) atoms. The van der Waals surface area contributed by atoms with E-state index >= 15 is 0 Å². The summed E-state index contributed by atoms with van der Waals surface area (Å²) >= 11 is 0. The second-order valence-electron chi connectivity index (χ2n) is 8.28. The number of nitrogens with one attached hydrogen (secondary N) is 2. The fourth-order valence-electron chi connectivity index (χ4n) is 4.17. The number of unbranched alkanes of at least 4 members (excludes halogenated alkanes) is 3. The van der Waals surface area contributed by atoms with Crippen molar-refractivity contribution >= 4 is 18.0 Å². The molecule has 0 saturated carbocycles. The van der Waals surface area contributed by atoms with Crippen molar-refractivity contribution in [2.24, 2.45) is 0 Å². The van der Waals surface area contributed by atoms with Gasteiger partial charge in [0, 0.05) is 26.0 Å². The molecule has 0 saturated heterocycles. The summed E-state index contributed by atoms with van der Waals surface area (Å²) in [5, 5.41) is 14.2. The topological polar surface area (TPSA) is 114 Å². The number of alkyl carbamates (subject to hydrolysis) is 1. The van der Waals surface area contributed by atoms with Gasteiger partial charge in [-0.15, -0.1) is 0 Å². The Kier molecular flexibility index (Phi) is 9.46. The maximum absolute atomic E-state index is 12.2. The van der Waals surface area contributed by atoms with Gasteiger partial charge in [-0.05, 0) is 35.1 Å². The average Bonchev–Trinajstić information content (AvgIpc) is 3.16. The van der Waals surface area contributed by atoms with Crippen molar-refractivity contribution in [1.82, 2.24) is 10.6 Å². The molecule has 182 valence electrons. The first-order valence-corrected chi connectivity index (χ1v) is 11.6. The highest BCUT2D eigenvalue weighted by Gasteiger charge is 2.28. The van der Waals surface area contributed by atoms with Gasteiger partial charge in [-0.2, -0.15) is 0 Å². The maximum atomic E-state index is 12.2. The fourth-order valence-corrected chi connectivity index (χ4v) is 4.17. The van der Waals surface area contributed by atoms with E-state index in [1.54, 1.807) is 0 Å². The molecular formula is C26H32N2O6. The first kappa shape index (κ1) is 25.2. The Balaban J connectivity index is 1.28. The Morgan fingerprint density at radius 1 is 0.912 bits per heavy atom. The Morgan fingerprint density at radius 3 is 2.15 bits per heavy atom. The van der Waals surface area contributed by atoms with Gasteiger partial charge in [0.25, 0.3) is 0 Å². The van der Waals surface area contributed by atoms with Gasteiger partial charge in [0.2, 0.25) is 5.91 Å². The molecule has 2 amide bonds. The van der Waals surface area contributed by atoms with Gasteiger partial charge >= 0.3 is 12.1 Å². The lowest BCUT2D eigenvalue weighted by atomic mass is 9.98. The largest absolute Gasteiger partial charge is 0.479 e. The highest BCUT2D eigenvalue weighted by Crippen LogP contribution is 2.44. The number of hydrogen-bond acceptors (Lipinski definition) is 5. The minimum absolute atomic E-state index is 0.0407. The minimum Gasteiger partial charge on any atom is -0.479 e. The second kappa shape index (κ2) is 12.7. The van der Waals surface area contributed by atoms with Crippen LogP contribution in [0.4, 0.5) is 4.79 Å². The molecule has 3 N–H and O–H groups in total. The normalized spacial score (nSPS) is 13.0. The summed E-state index contributed by atoms with van der Waals surface area (Å²) in [5.41, 5.74) is 4.75. The molecule has 1 unspecified atom stereocenters. The first-order chi connectivity index (χ1) is 16.5. The Labute approximate surface area is 199 Å². The van der Waals surface area contributed by atoms with Gasteiger partial charge in [0.15, 0.2) is 6.10 Å². The van der Waals surface area contributed by atoms with Gasteiger partial charge in [-0.25, -0.2) is 9.59 Å². The number of rotatable bonds is 13. The molecule has 2 aromatic carbocycles. The lowest BCUT2D eigenvalue weighted by molar-refractivity contribution is -0.148. The third-order valence-corrected chi connectivity index (χ3v) is 5.99. The van der Waals surface area contributed by atoms with Crippen LogP contribution in [0.25, 0.3) is 11.1 Å². The standard InChI is InChI=1S/C26H32N2O6/c1-33-23(25(30)31)16-28-24(29)14-4-2-3-9-15-27-26(32)34-17-22-20-12-7-5-10-18(20)19-11-6-8-13-21(19)22/h5-8,10-13,22-23H,2-4,9,14-17H2,1H3,(H,27,32)(H,28,29)(H,30,31). The summed E-state index contributed by atoms with van der Waals surface area (Å²) < 4.78 is 10.3. The maximum Gasteiger partial charge on any atom is 0.407 e. The highest BCUT2D eigenvalue weighted by atomic mass is 16.5. The SMILES string of the molecule is COC(CNC(=O)CCCCCCNC(=O)OCC1c2ccccc2-c2ccccc21)C(=O)O. The van der Waals surface area contributed by atoms with E-state index in [1.807, 2.05) is 24.3 Å². The van der Waals surface area contributed by atoms with Crippen LogP contribution in [0.15, 0.2) is 48.5 Å². The smallest absolute Gasteiger partial charge is 0.407 e. The van der Waals surface area contributed by atoms with Crippen LogP contribution in [0, 0.1) is 0 Å². The van der Waals surface area contributed by atoms with Crippen LogP contribution in [0.1, 0.15) is 49.1 Å². The van der Waals surface area contributed by atoms with Crippen molar-refractivity contribution in [1.29, 1.82) is 0 Å². The molecule has 0 spiro atoms. The van der Waals surface area contributed by atoms with Crippen molar-refractivity contribution in [3.63, 3.8) is 0 Å². The van der Waals surface area contributed by atoms with Crippen LogP contribution in [0.5, 0.6) is 0 Å². The van der Waals surface area contributed by atoms with Crippen LogP contribution >= 0.6 is 0 Å². The molecule has 1 atom stereocenters. The Bertz CT molecular complexity index is 947. The third-order valence-electron chi connectivity index (χ3n) is 5.99. The quantitative estimate of drug-likeness (QED) is 0.386. The number of ether oxygens (including phenoxy) is 2. The monoisotopic (exact) mass is 468 g/mol. The molecule has 2 aromatic rings. The lowest BCUT2D eigenvalue weighted by Crippen LogP contribution is -2.37. The summed E-state index contributed by atoms with van der Waals surface area (Å²) in [6.45, 7) is 0.756. The van der Waals surface area contributed by atoms with Crippen molar-refractivity contribution in [3.8, 4) is 11.1 Å². The molecular weight excluding hydrogens is 436 g/mol. The van der Waals surface area contributed by atoms with Crippen molar-refractivity contribution in [2.75, 3.05) is 26.8 Å². The molecule has 8 nitrogen and oxygen atoms in total. The van der Waals surface area contributed by atoms with Crippen LogP contribution in [0.2, 0.25) is 0 Å². The Hall–Kier alpha value is -3.39. The number of methoxy groups -OCH3 is 1. The van der Waals surface area contributed by atoms with Gasteiger partial charge < -0.3 is 25.2 Å². The number of benzene rings is 2. The molecule has 0 aliphatic heterocycles. The van der Waals surface area contributed by atoms with Gasteiger partial charge in [-0.3, -0.25) is 4.79 Å². The predicted octanol–water partition coefficient (Wildman–Crippen LogP) is 3.69. The van der Waals surface area contributed by atoms with E-state index in [0.29, 0.717) is 26.0 Å². The average molecular weight is 469 g/mol. The highest BCUT2D eigenvalue weighted by molar-refractivity contribution is 5.79. The summed E-state index contributed by atoms with van der Waals surface area (Å²) in [4.78, 5) is 34.8. The number of amides is 2. The molecule has 0 aromatic heterocycles.